The van der Waals surface area contributed by atoms with Crippen LogP contribution in [0, 0.1) is 0 Å². The number of para-hydroxylation sites is 1. The second-order valence-electron chi connectivity index (χ2n) is 14.7. The first-order valence-electron chi connectivity index (χ1n) is 18.9. The predicted octanol–water partition coefficient (Wildman–Crippen LogP) is 14.2. The quantitative estimate of drug-likeness (QED) is 0.183. The van der Waals surface area contributed by atoms with Gasteiger partial charge in [0.15, 0.2) is 0 Å². The molecule has 0 saturated heterocycles. The van der Waals surface area contributed by atoms with Gasteiger partial charge in [-0.1, -0.05) is 164 Å². The molecule has 1 aromatic heterocycles. The lowest BCUT2D eigenvalue weighted by atomic mass is 9.66. The lowest BCUT2D eigenvalue weighted by molar-refractivity contribution is 0.436. The molecule has 12 rings (SSSR count). The van der Waals surface area contributed by atoms with E-state index in [1.165, 1.54) is 66.2 Å². The standard InChI is InChI=1S/C53H32O2/c1-2-14-39-34(11-1)28-30-49-52(39)51-40(17-10-22-48(51)55-49)35-25-23-33(24-26-35)36-12-9-13-37(31-36)38-27-29-46-50(32-38)54-47-21-8-7-20-45(47)53(46)43-18-5-3-15-41(43)42-16-4-6-19-44(42)53/h1-32H. The summed E-state index contributed by atoms with van der Waals surface area (Å²) >= 11 is 0. The van der Waals surface area contributed by atoms with Crippen molar-refractivity contribution in [3.8, 4) is 56.0 Å². The summed E-state index contributed by atoms with van der Waals surface area (Å²) in [6.07, 6.45) is 0. The van der Waals surface area contributed by atoms with E-state index < -0.39 is 5.41 Å². The number of furan rings is 1. The van der Waals surface area contributed by atoms with Crippen molar-refractivity contribution in [2.45, 2.75) is 5.41 Å². The average molecular weight is 701 g/mol. The Balaban J connectivity index is 0.945. The molecule has 0 amide bonds. The maximum atomic E-state index is 6.79. The fraction of sp³-hybridized carbons (Fsp3) is 0.0189. The van der Waals surface area contributed by atoms with Crippen LogP contribution in [0.4, 0.5) is 0 Å². The second kappa shape index (κ2) is 11.4. The normalized spacial score (nSPS) is 13.4. The van der Waals surface area contributed by atoms with Gasteiger partial charge in [-0.05, 0) is 96.7 Å². The van der Waals surface area contributed by atoms with Crippen molar-refractivity contribution >= 4 is 32.7 Å². The van der Waals surface area contributed by atoms with Crippen molar-refractivity contribution in [1.29, 1.82) is 0 Å². The van der Waals surface area contributed by atoms with Crippen LogP contribution in [-0.2, 0) is 5.41 Å². The van der Waals surface area contributed by atoms with E-state index in [-0.39, 0.29) is 0 Å². The Morgan fingerprint density at radius 3 is 1.73 bits per heavy atom. The summed E-state index contributed by atoms with van der Waals surface area (Å²) in [7, 11) is 0. The number of fused-ring (bicyclic) bond motifs is 14. The highest BCUT2D eigenvalue weighted by molar-refractivity contribution is 6.22. The van der Waals surface area contributed by atoms with Crippen LogP contribution in [0.3, 0.4) is 0 Å². The molecule has 0 saturated carbocycles. The molecule has 0 atom stereocenters. The van der Waals surface area contributed by atoms with Gasteiger partial charge < -0.3 is 9.15 Å². The predicted molar refractivity (Wildman–Crippen MR) is 225 cm³/mol. The molecular formula is C53H32O2. The highest BCUT2D eigenvalue weighted by Gasteiger charge is 2.50. The van der Waals surface area contributed by atoms with E-state index in [1.807, 2.05) is 0 Å². The Bertz CT molecular complexity index is 3140. The van der Waals surface area contributed by atoms with Gasteiger partial charge in [-0.25, -0.2) is 0 Å². The third kappa shape index (κ3) is 4.25. The van der Waals surface area contributed by atoms with E-state index in [0.717, 1.165) is 44.7 Å². The molecular weight excluding hydrogens is 669 g/mol. The van der Waals surface area contributed by atoms with Crippen LogP contribution < -0.4 is 4.74 Å². The van der Waals surface area contributed by atoms with Crippen LogP contribution in [0.5, 0.6) is 11.5 Å². The van der Waals surface area contributed by atoms with Gasteiger partial charge in [0.2, 0.25) is 0 Å². The second-order valence-corrected chi connectivity index (χ2v) is 14.7. The maximum Gasteiger partial charge on any atom is 0.136 e. The number of rotatable bonds is 3. The Kier molecular flexibility index (Phi) is 6.29. The fourth-order valence-electron chi connectivity index (χ4n) is 9.59. The first kappa shape index (κ1) is 30.3. The highest BCUT2D eigenvalue weighted by Crippen LogP contribution is 2.62. The summed E-state index contributed by atoms with van der Waals surface area (Å²) in [6, 6.07) is 70.0. The lowest BCUT2D eigenvalue weighted by Gasteiger charge is -2.39. The molecule has 1 aliphatic carbocycles. The SMILES string of the molecule is c1cc(-c2ccc(-c3cccc4oc5ccc6ccccc6c5c34)cc2)cc(-c2ccc3c(c2)Oc2ccccc2C32c3ccccc3-c3ccccc32)c1. The first-order chi connectivity index (χ1) is 27.3. The van der Waals surface area contributed by atoms with Gasteiger partial charge in [-0.3, -0.25) is 0 Å². The summed E-state index contributed by atoms with van der Waals surface area (Å²) in [5.74, 6) is 1.80. The summed E-state index contributed by atoms with van der Waals surface area (Å²) < 4.78 is 13.2. The molecule has 10 aromatic rings. The fourth-order valence-corrected chi connectivity index (χ4v) is 9.59. The zero-order valence-electron chi connectivity index (χ0n) is 29.8. The van der Waals surface area contributed by atoms with Crippen molar-refractivity contribution in [2.24, 2.45) is 0 Å². The maximum absolute atomic E-state index is 6.79. The molecule has 55 heavy (non-hydrogen) atoms. The number of hydrogen-bond acceptors (Lipinski definition) is 2. The van der Waals surface area contributed by atoms with Gasteiger partial charge in [0, 0.05) is 21.9 Å². The van der Waals surface area contributed by atoms with E-state index in [9.17, 15) is 0 Å². The van der Waals surface area contributed by atoms with Crippen molar-refractivity contribution in [2.75, 3.05) is 0 Å². The van der Waals surface area contributed by atoms with E-state index in [4.69, 9.17) is 9.15 Å². The van der Waals surface area contributed by atoms with Crippen molar-refractivity contribution < 1.29 is 9.15 Å². The van der Waals surface area contributed by atoms with E-state index >= 15 is 0 Å². The molecule has 0 N–H and O–H groups in total. The molecule has 2 heteroatoms. The van der Waals surface area contributed by atoms with Crippen molar-refractivity contribution in [3.63, 3.8) is 0 Å². The number of benzene rings is 9. The molecule has 0 radical (unpaired) electrons. The monoisotopic (exact) mass is 700 g/mol. The minimum absolute atomic E-state index is 0.459. The molecule has 2 aliphatic rings. The smallest absolute Gasteiger partial charge is 0.136 e. The largest absolute Gasteiger partial charge is 0.457 e. The van der Waals surface area contributed by atoms with Crippen LogP contribution in [-0.4, -0.2) is 0 Å². The third-order valence-corrected chi connectivity index (χ3v) is 12.0. The topological polar surface area (TPSA) is 22.4 Å². The molecule has 2 nitrogen and oxygen atoms in total. The zero-order chi connectivity index (χ0) is 36.1. The minimum atomic E-state index is -0.459. The Hall–Kier alpha value is -7.16. The molecule has 9 aromatic carbocycles. The van der Waals surface area contributed by atoms with Gasteiger partial charge >= 0.3 is 0 Å². The van der Waals surface area contributed by atoms with Crippen LogP contribution in [0.25, 0.3) is 77.2 Å². The molecule has 256 valence electrons. The average Bonchev–Trinajstić information content (AvgIpc) is 3.78. The zero-order valence-corrected chi connectivity index (χ0v) is 29.8. The Morgan fingerprint density at radius 2 is 0.909 bits per heavy atom. The van der Waals surface area contributed by atoms with Crippen LogP contribution in [0.15, 0.2) is 199 Å². The van der Waals surface area contributed by atoms with Crippen LogP contribution >= 0.6 is 0 Å². The van der Waals surface area contributed by atoms with E-state index in [1.54, 1.807) is 0 Å². The summed E-state index contributed by atoms with van der Waals surface area (Å²) in [6.45, 7) is 0. The summed E-state index contributed by atoms with van der Waals surface area (Å²) in [5, 5.41) is 4.76. The summed E-state index contributed by atoms with van der Waals surface area (Å²) in [5.41, 5.74) is 15.8. The van der Waals surface area contributed by atoms with Crippen LogP contribution in [0.1, 0.15) is 22.3 Å². The lowest BCUT2D eigenvalue weighted by Crippen LogP contribution is -2.32. The molecule has 0 bridgehead atoms. The van der Waals surface area contributed by atoms with Crippen molar-refractivity contribution in [1.82, 2.24) is 0 Å². The molecule has 0 fully saturated rings. The van der Waals surface area contributed by atoms with Gasteiger partial charge in [-0.15, -0.1) is 0 Å². The van der Waals surface area contributed by atoms with Crippen LogP contribution in [0.2, 0.25) is 0 Å². The third-order valence-electron chi connectivity index (χ3n) is 12.0. The first-order valence-corrected chi connectivity index (χ1v) is 18.9. The van der Waals surface area contributed by atoms with Gasteiger partial charge in [0.05, 0.1) is 5.41 Å². The molecule has 0 unspecified atom stereocenters. The Labute approximate surface area is 318 Å². The number of hydrogen-bond donors (Lipinski definition) is 0. The van der Waals surface area contributed by atoms with Crippen molar-refractivity contribution in [3.05, 3.63) is 216 Å². The molecule has 2 heterocycles. The minimum Gasteiger partial charge on any atom is -0.457 e. The molecule has 1 aliphatic heterocycles. The van der Waals surface area contributed by atoms with Gasteiger partial charge in [-0.2, -0.15) is 0 Å². The Morgan fingerprint density at radius 1 is 0.327 bits per heavy atom. The van der Waals surface area contributed by atoms with Gasteiger partial charge in [0.25, 0.3) is 0 Å². The summed E-state index contributed by atoms with van der Waals surface area (Å²) in [4.78, 5) is 0. The molecule has 1 spiro atoms. The van der Waals surface area contributed by atoms with E-state index in [2.05, 4.69) is 194 Å². The number of ether oxygens (including phenoxy) is 1. The van der Waals surface area contributed by atoms with Gasteiger partial charge in [0.1, 0.15) is 22.7 Å². The highest BCUT2D eigenvalue weighted by atomic mass is 16.5. The van der Waals surface area contributed by atoms with E-state index in [0.29, 0.717) is 0 Å².